The van der Waals surface area contributed by atoms with Gasteiger partial charge in [-0.25, -0.2) is 0 Å². The molecule has 6 heteroatoms. The van der Waals surface area contributed by atoms with Gasteiger partial charge in [-0.15, -0.1) is 0 Å². The molecule has 1 heterocycles. The van der Waals surface area contributed by atoms with E-state index in [2.05, 4.69) is 22.5 Å². The number of hydrogen-bond donors (Lipinski definition) is 2. The molecule has 2 rings (SSSR count). The van der Waals surface area contributed by atoms with Gasteiger partial charge in [0, 0.05) is 53.0 Å². The Morgan fingerprint density at radius 1 is 1.16 bits per heavy atom. The van der Waals surface area contributed by atoms with Crippen LogP contribution in [0, 0.1) is 5.41 Å². The maximum absolute atomic E-state index is 5.29. The molecule has 2 aliphatic rings. The first-order chi connectivity index (χ1) is 12.2. The fraction of sp³-hybridized carbons (Fsp3) is 0.947. The Hall–Kier alpha value is -0.850. The Kier molecular flexibility index (Phi) is 8.99. The summed E-state index contributed by atoms with van der Waals surface area (Å²) in [5.41, 5.74) is 0.371. The number of rotatable bonds is 11. The molecule has 1 saturated carbocycles. The van der Waals surface area contributed by atoms with Crippen LogP contribution in [0.2, 0.25) is 0 Å². The van der Waals surface area contributed by atoms with Crippen LogP contribution in [0.5, 0.6) is 0 Å². The Bertz CT molecular complexity index is 399. The molecule has 146 valence electrons. The molecule has 1 aliphatic heterocycles. The average Bonchev–Trinajstić information content (AvgIpc) is 3.03. The lowest BCUT2D eigenvalue weighted by atomic mass is 9.67. The molecule has 1 unspecified atom stereocenters. The van der Waals surface area contributed by atoms with E-state index < -0.39 is 0 Å². The predicted molar refractivity (Wildman–Crippen MR) is 103 cm³/mol. The van der Waals surface area contributed by atoms with E-state index in [1.54, 1.807) is 14.2 Å². The van der Waals surface area contributed by atoms with Crippen LogP contribution in [0.1, 0.15) is 45.4 Å². The number of guanidine groups is 1. The van der Waals surface area contributed by atoms with Gasteiger partial charge in [0.2, 0.25) is 0 Å². The van der Waals surface area contributed by atoms with Gasteiger partial charge in [-0.1, -0.05) is 6.42 Å². The quantitative estimate of drug-likeness (QED) is 0.438. The van der Waals surface area contributed by atoms with Crippen molar-refractivity contribution in [3.63, 3.8) is 0 Å². The van der Waals surface area contributed by atoms with E-state index in [1.165, 1.54) is 38.6 Å². The molecule has 0 amide bonds. The van der Waals surface area contributed by atoms with E-state index in [0.29, 0.717) is 11.5 Å². The summed E-state index contributed by atoms with van der Waals surface area (Å²) in [6.07, 6.45) is 7.57. The highest BCUT2D eigenvalue weighted by Gasteiger charge is 2.36. The second-order valence-corrected chi connectivity index (χ2v) is 7.50. The molecule has 0 spiro atoms. The number of likely N-dealkylation sites (tertiary alicyclic amines) is 1. The Balaban J connectivity index is 1.82. The lowest BCUT2D eigenvalue weighted by molar-refractivity contribution is 0.0778. The highest BCUT2D eigenvalue weighted by molar-refractivity contribution is 5.79. The minimum atomic E-state index is 0.371. The first kappa shape index (κ1) is 20.5. The molecule has 0 bridgehead atoms. The number of methoxy groups -OCH3 is 2. The largest absolute Gasteiger partial charge is 0.385 e. The maximum Gasteiger partial charge on any atom is 0.191 e. The topological polar surface area (TPSA) is 58.1 Å². The molecular weight excluding hydrogens is 316 g/mol. The van der Waals surface area contributed by atoms with Crippen molar-refractivity contribution in [1.29, 1.82) is 0 Å². The molecular formula is C19H38N4O2. The van der Waals surface area contributed by atoms with Gasteiger partial charge in [-0.3, -0.25) is 9.89 Å². The number of nitrogens with zero attached hydrogens (tertiary/aromatic N) is 2. The maximum atomic E-state index is 5.29. The van der Waals surface area contributed by atoms with Crippen molar-refractivity contribution in [2.45, 2.75) is 51.5 Å². The van der Waals surface area contributed by atoms with Crippen LogP contribution in [0.25, 0.3) is 0 Å². The monoisotopic (exact) mass is 354 g/mol. The normalized spacial score (nSPS) is 23.5. The second-order valence-electron chi connectivity index (χ2n) is 7.50. The molecule has 2 fully saturated rings. The summed E-state index contributed by atoms with van der Waals surface area (Å²) in [4.78, 5) is 7.44. The van der Waals surface area contributed by atoms with Gasteiger partial charge in [-0.2, -0.15) is 0 Å². The summed E-state index contributed by atoms with van der Waals surface area (Å²) in [7, 11) is 3.57. The smallest absolute Gasteiger partial charge is 0.191 e. The average molecular weight is 355 g/mol. The van der Waals surface area contributed by atoms with E-state index >= 15 is 0 Å². The molecule has 0 radical (unpaired) electrons. The molecule has 2 N–H and O–H groups in total. The molecule has 1 saturated heterocycles. The predicted octanol–water partition coefficient (Wildman–Crippen LogP) is 1.86. The van der Waals surface area contributed by atoms with Gasteiger partial charge >= 0.3 is 0 Å². The highest BCUT2D eigenvalue weighted by Crippen LogP contribution is 2.44. The molecule has 0 aromatic heterocycles. The Morgan fingerprint density at radius 3 is 2.60 bits per heavy atom. The number of ether oxygens (including phenoxy) is 2. The summed E-state index contributed by atoms with van der Waals surface area (Å²) in [5, 5.41) is 6.98. The van der Waals surface area contributed by atoms with Crippen molar-refractivity contribution in [2.24, 2.45) is 10.4 Å². The Labute approximate surface area is 153 Å². The van der Waals surface area contributed by atoms with Crippen molar-refractivity contribution in [3.05, 3.63) is 0 Å². The fourth-order valence-electron chi connectivity index (χ4n) is 3.91. The first-order valence-electron chi connectivity index (χ1n) is 9.97. The SMILES string of the molecule is CCNC(=NCC1(CCOC)CCC1)NCC1CCCN1CCOC. The van der Waals surface area contributed by atoms with Crippen molar-refractivity contribution >= 4 is 5.96 Å². The van der Waals surface area contributed by atoms with E-state index in [-0.39, 0.29) is 0 Å². The molecule has 25 heavy (non-hydrogen) atoms. The summed E-state index contributed by atoms with van der Waals surface area (Å²) in [6, 6.07) is 0.588. The third kappa shape index (κ3) is 6.42. The van der Waals surface area contributed by atoms with Crippen LogP contribution < -0.4 is 10.6 Å². The summed E-state index contributed by atoms with van der Waals surface area (Å²) in [6.45, 7) is 8.75. The van der Waals surface area contributed by atoms with Gasteiger partial charge in [0.25, 0.3) is 0 Å². The van der Waals surface area contributed by atoms with Gasteiger partial charge in [0.05, 0.1) is 6.61 Å². The highest BCUT2D eigenvalue weighted by atomic mass is 16.5. The zero-order chi connectivity index (χ0) is 18.0. The molecule has 6 nitrogen and oxygen atoms in total. The molecule has 1 atom stereocenters. The van der Waals surface area contributed by atoms with Gasteiger partial charge in [0.1, 0.15) is 0 Å². The van der Waals surface area contributed by atoms with E-state index in [4.69, 9.17) is 14.5 Å². The van der Waals surface area contributed by atoms with Crippen LogP contribution in [0.3, 0.4) is 0 Å². The third-order valence-corrected chi connectivity index (χ3v) is 5.75. The summed E-state index contributed by atoms with van der Waals surface area (Å²) in [5.74, 6) is 0.963. The van der Waals surface area contributed by atoms with E-state index in [0.717, 1.165) is 51.8 Å². The molecule has 0 aromatic carbocycles. The van der Waals surface area contributed by atoms with E-state index in [9.17, 15) is 0 Å². The molecule has 0 aromatic rings. The van der Waals surface area contributed by atoms with Crippen LogP contribution in [-0.4, -0.2) is 77.1 Å². The van der Waals surface area contributed by atoms with Crippen molar-refractivity contribution in [3.8, 4) is 0 Å². The fourth-order valence-corrected chi connectivity index (χ4v) is 3.91. The van der Waals surface area contributed by atoms with Crippen LogP contribution in [-0.2, 0) is 9.47 Å². The van der Waals surface area contributed by atoms with Crippen molar-refractivity contribution in [2.75, 3.05) is 60.2 Å². The van der Waals surface area contributed by atoms with Crippen LogP contribution in [0.15, 0.2) is 4.99 Å². The molecule has 1 aliphatic carbocycles. The second kappa shape index (κ2) is 11.0. The Morgan fingerprint density at radius 2 is 1.96 bits per heavy atom. The lowest BCUT2D eigenvalue weighted by Gasteiger charge is -2.40. The number of aliphatic imine (C=N–C) groups is 1. The van der Waals surface area contributed by atoms with Gasteiger partial charge in [0.15, 0.2) is 5.96 Å². The van der Waals surface area contributed by atoms with Gasteiger partial charge < -0.3 is 20.1 Å². The first-order valence-corrected chi connectivity index (χ1v) is 9.97. The zero-order valence-electron chi connectivity index (χ0n) is 16.5. The third-order valence-electron chi connectivity index (χ3n) is 5.75. The number of nitrogens with one attached hydrogen (secondary N) is 2. The lowest BCUT2D eigenvalue weighted by Crippen LogP contribution is -2.46. The summed E-state index contributed by atoms with van der Waals surface area (Å²) < 4.78 is 10.5. The summed E-state index contributed by atoms with van der Waals surface area (Å²) >= 11 is 0. The zero-order valence-corrected chi connectivity index (χ0v) is 16.5. The van der Waals surface area contributed by atoms with Crippen LogP contribution >= 0.6 is 0 Å². The minimum absolute atomic E-state index is 0.371. The standard InChI is InChI=1S/C19H38N4O2/c1-4-20-18(22-16-19(8-6-9-19)10-13-24-2)21-15-17-7-5-11-23(17)12-14-25-3/h17H,4-16H2,1-3H3,(H2,20,21,22). The van der Waals surface area contributed by atoms with Gasteiger partial charge in [-0.05, 0) is 51.0 Å². The number of hydrogen-bond acceptors (Lipinski definition) is 4. The van der Waals surface area contributed by atoms with Crippen LogP contribution in [0.4, 0.5) is 0 Å². The van der Waals surface area contributed by atoms with E-state index in [1.807, 2.05) is 0 Å². The minimum Gasteiger partial charge on any atom is -0.385 e. The van der Waals surface area contributed by atoms with Crippen molar-refractivity contribution < 1.29 is 9.47 Å². The van der Waals surface area contributed by atoms with Crippen molar-refractivity contribution in [1.82, 2.24) is 15.5 Å².